The summed E-state index contributed by atoms with van der Waals surface area (Å²) in [5.74, 6) is -0.0370. The summed E-state index contributed by atoms with van der Waals surface area (Å²) < 4.78 is 0. The maximum atomic E-state index is 7.49. The summed E-state index contributed by atoms with van der Waals surface area (Å²) in [5, 5.41) is 11.0. The molecule has 0 aliphatic rings. The van der Waals surface area contributed by atoms with Crippen molar-refractivity contribution >= 4 is 23.3 Å². The van der Waals surface area contributed by atoms with Crippen LogP contribution >= 0.6 is 12.2 Å². The van der Waals surface area contributed by atoms with Gasteiger partial charge in [-0.05, 0) is 43.3 Å². The first-order valence-electron chi connectivity index (χ1n) is 5.43. The van der Waals surface area contributed by atoms with Crippen LogP contribution in [0.4, 0.5) is 0 Å². The summed E-state index contributed by atoms with van der Waals surface area (Å²) in [6.45, 7) is 3.26. The molecule has 0 atom stereocenters. The molecule has 0 aliphatic heterocycles. The van der Waals surface area contributed by atoms with Gasteiger partial charge in [0.15, 0.2) is 11.1 Å². The van der Waals surface area contributed by atoms with Gasteiger partial charge in [0.1, 0.15) is 0 Å². The van der Waals surface area contributed by atoms with Crippen LogP contribution in [0.2, 0.25) is 0 Å². The van der Waals surface area contributed by atoms with Crippen molar-refractivity contribution in [2.24, 2.45) is 5.73 Å². The average molecular weight is 251 g/mol. The number of rotatable bonds is 4. The Hall–Kier alpha value is -1.69. The van der Waals surface area contributed by atoms with Crippen molar-refractivity contribution in [3.8, 4) is 0 Å². The molecule has 0 aromatic carbocycles. The highest BCUT2D eigenvalue weighted by atomic mass is 32.1. The smallest absolute Gasteiger partial charge is 0.194 e. The first kappa shape index (κ1) is 13.4. The largest absolute Gasteiger partial charge is 0.370 e. The van der Waals surface area contributed by atoms with E-state index in [2.05, 4.69) is 10.3 Å². The van der Waals surface area contributed by atoms with Gasteiger partial charge in [-0.25, -0.2) is 0 Å². The number of hydrogen-bond acceptors (Lipinski definition) is 3. The van der Waals surface area contributed by atoms with E-state index in [1.165, 1.54) is 0 Å². The molecule has 0 saturated carbocycles. The van der Waals surface area contributed by atoms with E-state index in [-0.39, 0.29) is 5.96 Å². The van der Waals surface area contributed by atoms with Gasteiger partial charge in [0.2, 0.25) is 0 Å². The minimum absolute atomic E-state index is 0.0370. The number of aromatic nitrogens is 1. The SMILES string of the molecule is CCNC(=S)N(CCc1ccncc1)C(=N)N. The zero-order valence-electron chi connectivity index (χ0n) is 9.81. The van der Waals surface area contributed by atoms with E-state index in [4.69, 9.17) is 23.4 Å². The molecule has 1 aromatic rings. The zero-order valence-corrected chi connectivity index (χ0v) is 10.6. The van der Waals surface area contributed by atoms with E-state index >= 15 is 0 Å². The molecular formula is C11H17N5S. The van der Waals surface area contributed by atoms with Gasteiger partial charge in [0, 0.05) is 25.5 Å². The molecule has 0 aliphatic carbocycles. The van der Waals surface area contributed by atoms with E-state index in [9.17, 15) is 0 Å². The van der Waals surface area contributed by atoms with E-state index in [0.29, 0.717) is 11.7 Å². The number of guanidine groups is 1. The van der Waals surface area contributed by atoms with Crippen molar-refractivity contribution in [1.29, 1.82) is 5.41 Å². The minimum Gasteiger partial charge on any atom is -0.370 e. The number of nitrogens with zero attached hydrogens (tertiary/aromatic N) is 2. The second-order valence-corrected chi connectivity index (χ2v) is 3.86. The number of hydrogen-bond donors (Lipinski definition) is 3. The summed E-state index contributed by atoms with van der Waals surface area (Å²) >= 11 is 5.15. The van der Waals surface area contributed by atoms with E-state index < -0.39 is 0 Å². The highest BCUT2D eigenvalue weighted by Gasteiger charge is 2.11. The predicted octanol–water partition coefficient (Wildman–Crippen LogP) is 0.714. The first-order valence-corrected chi connectivity index (χ1v) is 5.84. The lowest BCUT2D eigenvalue weighted by molar-refractivity contribution is 0.581. The molecular weight excluding hydrogens is 234 g/mol. The van der Waals surface area contributed by atoms with Crippen molar-refractivity contribution in [3.63, 3.8) is 0 Å². The van der Waals surface area contributed by atoms with Gasteiger partial charge in [0.25, 0.3) is 0 Å². The molecule has 1 rings (SSSR count). The molecule has 6 heteroatoms. The zero-order chi connectivity index (χ0) is 12.7. The van der Waals surface area contributed by atoms with Crippen LogP contribution in [0.1, 0.15) is 12.5 Å². The van der Waals surface area contributed by atoms with Crippen LogP contribution in [-0.4, -0.2) is 34.0 Å². The van der Waals surface area contributed by atoms with E-state index in [1.54, 1.807) is 17.3 Å². The third kappa shape index (κ3) is 4.36. The average Bonchev–Trinajstić information content (AvgIpc) is 2.30. The molecule has 92 valence electrons. The lowest BCUT2D eigenvalue weighted by Gasteiger charge is -2.23. The van der Waals surface area contributed by atoms with Crippen molar-refractivity contribution < 1.29 is 0 Å². The first-order chi connectivity index (χ1) is 8.15. The third-order valence-electron chi connectivity index (χ3n) is 2.24. The molecule has 0 fully saturated rings. The van der Waals surface area contributed by atoms with Gasteiger partial charge in [-0.1, -0.05) is 0 Å². The summed E-state index contributed by atoms with van der Waals surface area (Å²) in [6.07, 6.45) is 4.26. The van der Waals surface area contributed by atoms with Crippen molar-refractivity contribution in [2.45, 2.75) is 13.3 Å². The third-order valence-corrected chi connectivity index (χ3v) is 2.60. The lowest BCUT2D eigenvalue weighted by Crippen LogP contribution is -2.47. The number of nitrogens with two attached hydrogens (primary N) is 1. The van der Waals surface area contributed by atoms with Crippen LogP contribution in [0.15, 0.2) is 24.5 Å². The summed E-state index contributed by atoms with van der Waals surface area (Å²) in [4.78, 5) is 5.54. The molecule has 1 aromatic heterocycles. The molecule has 0 saturated heterocycles. The molecule has 0 unspecified atom stereocenters. The number of nitrogens with one attached hydrogen (secondary N) is 2. The fourth-order valence-corrected chi connectivity index (χ4v) is 1.70. The Morgan fingerprint density at radius 3 is 2.71 bits per heavy atom. The van der Waals surface area contributed by atoms with Crippen molar-refractivity contribution in [2.75, 3.05) is 13.1 Å². The van der Waals surface area contributed by atoms with Crippen LogP contribution in [0.5, 0.6) is 0 Å². The Morgan fingerprint density at radius 2 is 2.18 bits per heavy atom. The Balaban J connectivity index is 2.56. The second kappa shape index (κ2) is 6.80. The summed E-state index contributed by atoms with van der Waals surface area (Å²) in [5.41, 5.74) is 6.65. The van der Waals surface area contributed by atoms with Gasteiger partial charge >= 0.3 is 0 Å². The minimum atomic E-state index is -0.0370. The molecule has 0 amide bonds. The van der Waals surface area contributed by atoms with Crippen LogP contribution in [0.25, 0.3) is 0 Å². The fraction of sp³-hybridized carbons (Fsp3) is 0.364. The predicted molar refractivity (Wildman–Crippen MR) is 72.8 cm³/mol. The molecule has 0 radical (unpaired) electrons. The monoisotopic (exact) mass is 251 g/mol. The molecule has 17 heavy (non-hydrogen) atoms. The Labute approximate surface area is 107 Å². The maximum Gasteiger partial charge on any atom is 0.194 e. The van der Waals surface area contributed by atoms with Crippen molar-refractivity contribution in [1.82, 2.24) is 15.2 Å². The molecule has 0 spiro atoms. The van der Waals surface area contributed by atoms with E-state index in [1.807, 2.05) is 19.1 Å². The maximum absolute atomic E-state index is 7.49. The Kier molecular flexibility index (Phi) is 5.35. The van der Waals surface area contributed by atoms with Crippen LogP contribution in [0, 0.1) is 5.41 Å². The Bertz CT molecular complexity index is 379. The molecule has 0 bridgehead atoms. The standard InChI is InChI=1S/C11H17N5S/c1-2-15-11(17)16(10(12)13)8-5-9-3-6-14-7-4-9/h3-4,6-7H,2,5,8H2,1H3,(H3,12,13)(H,15,17). The molecule has 4 N–H and O–H groups in total. The van der Waals surface area contributed by atoms with Gasteiger partial charge in [0.05, 0.1) is 0 Å². The number of pyridine rings is 1. The van der Waals surface area contributed by atoms with Crippen LogP contribution in [-0.2, 0) is 6.42 Å². The van der Waals surface area contributed by atoms with Gasteiger partial charge < -0.3 is 11.1 Å². The van der Waals surface area contributed by atoms with Gasteiger partial charge in [-0.3, -0.25) is 15.3 Å². The fourth-order valence-electron chi connectivity index (χ4n) is 1.37. The van der Waals surface area contributed by atoms with E-state index in [0.717, 1.165) is 18.5 Å². The van der Waals surface area contributed by atoms with Crippen LogP contribution < -0.4 is 11.1 Å². The number of thiocarbonyl (C=S) groups is 1. The summed E-state index contributed by atoms with van der Waals surface area (Å²) in [6, 6.07) is 3.88. The van der Waals surface area contributed by atoms with Gasteiger partial charge in [-0.2, -0.15) is 0 Å². The normalized spacial score (nSPS) is 9.71. The highest BCUT2D eigenvalue weighted by Crippen LogP contribution is 2.00. The van der Waals surface area contributed by atoms with Crippen LogP contribution in [0.3, 0.4) is 0 Å². The topological polar surface area (TPSA) is 78.0 Å². The van der Waals surface area contributed by atoms with Crippen molar-refractivity contribution in [3.05, 3.63) is 30.1 Å². The quantitative estimate of drug-likeness (QED) is 0.417. The second-order valence-electron chi connectivity index (χ2n) is 3.48. The molecule has 5 nitrogen and oxygen atoms in total. The molecule has 1 heterocycles. The highest BCUT2D eigenvalue weighted by molar-refractivity contribution is 7.80. The summed E-state index contributed by atoms with van der Waals surface area (Å²) in [7, 11) is 0. The Morgan fingerprint density at radius 1 is 1.53 bits per heavy atom. The lowest BCUT2D eigenvalue weighted by atomic mass is 10.2. The van der Waals surface area contributed by atoms with Gasteiger partial charge in [-0.15, -0.1) is 0 Å².